The molecule has 0 atom stereocenters. The Bertz CT molecular complexity index is 2830. The van der Waals surface area contributed by atoms with Crippen molar-refractivity contribution in [3.8, 4) is 34.2 Å². The number of halogens is 12. The molecule has 2 aliphatic heterocycles. The lowest BCUT2D eigenvalue weighted by atomic mass is 9.94. The van der Waals surface area contributed by atoms with Gasteiger partial charge in [0.2, 0.25) is 17.8 Å². The Morgan fingerprint density at radius 1 is 0.519 bits per heavy atom. The van der Waals surface area contributed by atoms with Gasteiger partial charge in [-0.2, -0.15) is 62.9 Å². The summed E-state index contributed by atoms with van der Waals surface area (Å²) in [7, 11) is 0. The molecule has 0 saturated carbocycles. The van der Waals surface area contributed by atoms with Crippen molar-refractivity contribution >= 4 is 12.2 Å². The molecule has 31 heteroatoms. The number of aryl methyl sites for hydroxylation is 2. The molecule has 2 aromatic carbocycles. The van der Waals surface area contributed by atoms with Crippen molar-refractivity contribution in [2.75, 3.05) is 26.2 Å². The van der Waals surface area contributed by atoms with E-state index in [4.69, 9.17) is 14.9 Å². The van der Waals surface area contributed by atoms with Crippen LogP contribution in [0.5, 0.6) is 0 Å². The molecule has 416 valence electrons. The zero-order chi connectivity index (χ0) is 56.7. The highest BCUT2D eigenvalue weighted by Gasteiger charge is 2.60. The van der Waals surface area contributed by atoms with Crippen LogP contribution in [-0.2, 0) is 9.47 Å². The zero-order valence-corrected chi connectivity index (χ0v) is 41.3. The number of benzene rings is 2. The molecular formula is C46H48F12N14O5. The van der Waals surface area contributed by atoms with Crippen molar-refractivity contribution in [1.29, 1.82) is 0 Å². The number of aromatic nitrogens is 12. The first-order valence-electron chi connectivity index (χ1n) is 23.1. The number of alkyl halides is 12. The number of rotatable bonds is 7. The minimum atomic E-state index is -5.75. The third-order valence-corrected chi connectivity index (χ3v) is 11.3. The van der Waals surface area contributed by atoms with E-state index in [1.807, 2.05) is 55.9 Å². The maximum Gasteiger partial charge on any atom is 0.434 e. The molecule has 6 heterocycles. The lowest BCUT2D eigenvalue weighted by Crippen LogP contribution is -2.49. The fraction of sp³-hybridized carbons (Fsp3) is 0.478. The average molecular weight is 1100 g/mol. The Hall–Kier alpha value is -7.60. The van der Waals surface area contributed by atoms with E-state index in [9.17, 15) is 62.3 Å². The van der Waals surface area contributed by atoms with Gasteiger partial charge in [-0.05, 0) is 121 Å². The number of carbonyl (C=O) groups excluding carboxylic acids is 2. The molecule has 2 fully saturated rings. The Morgan fingerprint density at radius 3 is 1.16 bits per heavy atom. The largest absolute Gasteiger partial charge is 0.444 e. The van der Waals surface area contributed by atoms with E-state index < -0.39 is 48.6 Å². The summed E-state index contributed by atoms with van der Waals surface area (Å²) in [5.41, 5.74) is 4.52. The van der Waals surface area contributed by atoms with Gasteiger partial charge in [0, 0.05) is 61.5 Å². The maximum atomic E-state index is 12.7. The highest BCUT2D eigenvalue weighted by molar-refractivity contribution is 5.68. The summed E-state index contributed by atoms with van der Waals surface area (Å²) in [6.45, 7) is 10.3. The van der Waals surface area contributed by atoms with Crippen molar-refractivity contribution in [1.82, 2.24) is 70.2 Å². The second-order valence-corrected chi connectivity index (χ2v) is 18.3. The highest BCUT2D eigenvalue weighted by Crippen LogP contribution is 2.37. The van der Waals surface area contributed by atoms with Crippen LogP contribution in [0.3, 0.4) is 0 Å². The summed E-state index contributed by atoms with van der Waals surface area (Å²) >= 11 is 0. The molecule has 4 aromatic heterocycles. The Balaban J connectivity index is 0.000000214. The number of nitrogens with zero attached hydrogens (tertiary/aromatic N) is 14. The number of aliphatic hydroxyl groups excluding tert-OH is 1. The quantitative estimate of drug-likeness (QED) is 0.147. The monoisotopic (exact) mass is 1100 g/mol. The molecule has 0 unspecified atom stereocenters. The van der Waals surface area contributed by atoms with Crippen molar-refractivity contribution in [3.05, 3.63) is 96.1 Å². The van der Waals surface area contributed by atoms with Gasteiger partial charge in [-0.25, -0.2) is 19.0 Å². The summed E-state index contributed by atoms with van der Waals surface area (Å²) < 4.78 is 155. The second-order valence-electron chi connectivity index (χ2n) is 18.3. The van der Waals surface area contributed by atoms with Crippen LogP contribution in [0.25, 0.3) is 34.2 Å². The first kappa shape index (κ1) is 58.7. The van der Waals surface area contributed by atoms with Crippen LogP contribution in [0.1, 0.15) is 81.3 Å². The molecule has 77 heavy (non-hydrogen) atoms. The van der Waals surface area contributed by atoms with Crippen LogP contribution in [0.15, 0.2) is 73.1 Å². The van der Waals surface area contributed by atoms with Gasteiger partial charge < -0.3 is 24.4 Å². The smallest absolute Gasteiger partial charge is 0.434 e. The summed E-state index contributed by atoms with van der Waals surface area (Å²) in [6, 6.07) is 18.8. The number of aliphatic hydroxyl groups is 1. The zero-order valence-electron chi connectivity index (χ0n) is 41.3. The summed E-state index contributed by atoms with van der Waals surface area (Å²) in [5, 5.41) is 48.5. The van der Waals surface area contributed by atoms with E-state index in [1.165, 1.54) is 0 Å². The Labute approximate surface area is 429 Å². The van der Waals surface area contributed by atoms with E-state index in [0.29, 0.717) is 66.4 Å². The van der Waals surface area contributed by atoms with Gasteiger partial charge in [0.15, 0.2) is 11.6 Å². The van der Waals surface area contributed by atoms with Crippen LogP contribution < -0.4 is 0 Å². The lowest BCUT2D eigenvalue weighted by molar-refractivity contribution is -0.309. The highest BCUT2D eigenvalue weighted by atomic mass is 19.4. The molecular weight excluding hydrogens is 1060 g/mol. The minimum absolute atomic E-state index is 0.0634. The molecule has 2 saturated heterocycles. The molecule has 0 spiro atoms. The van der Waals surface area contributed by atoms with Gasteiger partial charge in [0.05, 0.1) is 22.8 Å². The number of likely N-dealkylation sites (tertiary alicyclic amines) is 2. The van der Waals surface area contributed by atoms with E-state index in [2.05, 4.69) is 56.7 Å². The van der Waals surface area contributed by atoms with Gasteiger partial charge in [0.1, 0.15) is 5.60 Å². The first-order chi connectivity index (χ1) is 35.9. The second kappa shape index (κ2) is 23.7. The molecule has 2 aliphatic rings. The fourth-order valence-electron chi connectivity index (χ4n) is 7.44. The Kier molecular flexibility index (Phi) is 18.1. The number of piperidine rings is 2. The van der Waals surface area contributed by atoms with Gasteiger partial charge in [-0.3, -0.25) is 0 Å². The van der Waals surface area contributed by atoms with Gasteiger partial charge in [0.25, 0.3) is 6.10 Å². The third-order valence-electron chi connectivity index (χ3n) is 11.3. The van der Waals surface area contributed by atoms with Crippen LogP contribution in [-0.4, -0.2) is 156 Å². The average Bonchev–Trinajstić information content (AvgIpc) is 4.08. The number of carbonyl (C=O) groups is 2. The van der Waals surface area contributed by atoms with Crippen LogP contribution in [0, 0.1) is 13.8 Å². The fourth-order valence-corrected chi connectivity index (χ4v) is 7.44. The van der Waals surface area contributed by atoms with Crippen molar-refractivity contribution in [2.45, 2.75) is 115 Å². The normalized spacial score (nSPS) is 15.2. The van der Waals surface area contributed by atoms with Gasteiger partial charge in [-0.15, -0.1) is 40.8 Å². The number of amides is 2. The van der Waals surface area contributed by atoms with Crippen LogP contribution >= 0.6 is 0 Å². The summed E-state index contributed by atoms with van der Waals surface area (Å²) in [5.74, 6) is 2.06. The van der Waals surface area contributed by atoms with Crippen LogP contribution in [0.2, 0.25) is 0 Å². The first-order valence-corrected chi connectivity index (χ1v) is 23.1. The van der Waals surface area contributed by atoms with Crippen molar-refractivity contribution in [3.63, 3.8) is 0 Å². The van der Waals surface area contributed by atoms with E-state index in [-0.39, 0.29) is 25.1 Å². The molecule has 19 nitrogen and oxygen atoms in total. The lowest BCUT2D eigenvalue weighted by Gasteiger charge is -2.32. The van der Waals surface area contributed by atoms with E-state index in [0.717, 1.165) is 40.4 Å². The molecule has 6 aromatic rings. The van der Waals surface area contributed by atoms with E-state index >= 15 is 0 Å². The number of ether oxygens (including phenoxy) is 2. The molecule has 2 amide bonds. The predicted molar refractivity (Wildman–Crippen MR) is 244 cm³/mol. The molecule has 0 aliphatic carbocycles. The van der Waals surface area contributed by atoms with Gasteiger partial charge in [-0.1, -0.05) is 0 Å². The van der Waals surface area contributed by atoms with Crippen molar-refractivity contribution < 1.29 is 76.9 Å². The number of hydrogen-bond acceptors (Lipinski definition) is 15. The SMILES string of the molecule is Cc1nnc(-c2ccc(-n3ccc(C4CCN(C(=O)OC(C(F)(F)F)C(F)(F)F)CC4)n3)cc2)nn1.Cc1nnc(-c2ccc(-n3ccc(C4CCN(C(=O)OC(C)(C)C)CC4)n3)cc2)nn1.OC(C(F)(F)F)C(F)(F)F. The minimum Gasteiger partial charge on any atom is -0.444 e. The molecule has 0 bridgehead atoms. The predicted octanol–water partition coefficient (Wildman–Crippen LogP) is 9.25. The maximum absolute atomic E-state index is 12.7. The third kappa shape index (κ3) is 16.4. The molecule has 8 rings (SSSR count). The summed E-state index contributed by atoms with van der Waals surface area (Å²) in [6.07, 6.45) is -27.0. The standard InChI is InChI=1S/C22H27N7O2.C21H19F6N7O2.C3H2F6O/c1-15-23-25-20(26-24-15)17-5-7-18(8-6-17)29-14-11-19(27-29)16-9-12-28(13-10-16)21(30)31-22(2,3)4;1-12-28-30-17(31-29-12)14-2-4-15(5-3-14)34-11-8-16(32-34)13-6-9-33(10-7-13)19(35)36-18(20(22,23)24)21(25,26)27;4-2(5,6)1(10)3(7,8)9/h5-8,11,14,16H,9-10,12-13H2,1-4H3;2-5,8,11,13,18H,6-7,9-10H2,1H3;1,10H. The Morgan fingerprint density at radius 2 is 0.857 bits per heavy atom. The van der Waals surface area contributed by atoms with Gasteiger partial charge >= 0.3 is 36.9 Å². The number of hydrogen-bond donors (Lipinski definition) is 1. The van der Waals surface area contributed by atoms with E-state index in [1.54, 1.807) is 60.0 Å². The van der Waals surface area contributed by atoms with Crippen molar-refractivity contribution in [2.24, 2.45) is 0 Å². The molecule has 0 radical (unpaired) electrons. The topological polar surface area (TPSA) is 218 Å². The van der Waals surface area contributed by atoms with Crippen LogP contribution in [0.4, 0.5) is 62.3 Å². The molecule has 1 N–H and O–H groups in total. The summed E-state index contributed by atoms with van der Waals surface area (Å²) in [4.78, 5) is 26.8.